The first-order valence-corrected chi connectivity index (χ1v) is 6.60. The van der Waals surface area contributed by atoms with E-state index in [4.69, 9.17) is 5.73 Å². The molecule has 0 spiro atoms. The van der Waals surface area contributed by atoms with Crippen LogP contribution in [0.25, 0.3) is 0 Å². The van der Waals surface area contributed by atoms with Gasteiger partial charge in [0.05, 0.1) is 0 Å². The van der Waals surface area contributed by atoms with Gasteiger partial charge in [-0.2, -0.15) is 0 Å². The van der Waals surface area contributed by atoms with Crippen LogP contribution in [0.2, 0.25) is 0 Å². The Kier molecular flexibility index (Phi) is 4.17. The molecule has 100 valence electrons. The van der Waals surface area contributed by atoms with E-state index in [-0.39, 0.29) is 11.7 Å². The Hall–Kier alpha value is -1.16. The van der Waals surface area contributed by atoms with Crippen molar-refractivity contribution >= 4 is 5.69 Å². The molecular weight excluding hydrogens is 234 g/mol. The van der Waals surface area contributed by atoms with Crippen molar-refractivity contribution in [3.63, 3.8) is 0 Å². The predicted molar refractivity (Wildman–Crippen MR) is 69.8 cm³/mol. The molecule has 18 heavy (non-hydrogen) atoms. The van der Waals surface area contributed by atoms with Crippen molar-refractivity contribution in [1.29, 1.82) is 0 Å². The van der Waals surface area contributed by atoms with Gasteiger partial charge in [0.25, 0.3) is 0 Å². The Balaban J connectivity index is 2.23. The van der Waals surface area contributed by atoms with Crippen LogP contribution in [-0.4, -0.2) is 19.1 Å². The molecule has 0 radical (unpaired) electrons. The van der Waals surface area contributed by atoms with Gasteiger partial charge in [0.2, 0.25) is 0 Å². The van der Waals surface area contributed by atoms with Crippen molar-refractivity contribution in [2.45, 2.75) is 38.6 Å². The highest BCUT2D eigenvalue weighted by Crippen LogP contribution is 2.28. The summed E-state index contributed by atoms with van der Waals surface area (Å²) in [6, 6.07) is 2.81. The maximum Gasteiger partial charge on any atom is 0.149 e. The Labute approximate surface area is 107 Å². The summed E-state index contributed by atoms with van der Waals surface area (Å²) in [6.45, 7) is 3.44. The zero-order chi connectivity index (χ0) is 13.1. The quantitative estimate of drug-likeness (QED) is 0.895. The van der Waals surface area contributed by atoms with E-state index in [0.717, 1.165) is 32.4 Å². The zero-order valence-corrected chi connectivity index (χ0v) is 10.8. The van der Waals surface area contributed by atoms with E-state index in [1.165, 1.54) is 12.1 Å². The van der Waals surface area contributed by atoms with Crippen LogP contribution in [0.5, 0.6) is 0 Å². The van der Waals surface area contributed by atoms with Crippen LogP contribution in [0.15, 0.2) is 12.1 Å². The molecule has 1 aromatic rings. The summed E-state index contributed by atoms with van der Waals surface area (Å²) in [4.78, 5) is 1.79. The van der Waals surface area contributed by atoms with E-state index >= 15 is 0 Å². The fraction of sp³-hybridized carbons (Fsp3) is 0.571. The first kappa shape index (κ1) is 13.3. The minimum Gasteiger partial charge on any atom is -0.367 e. The molecule has 1 aliphatic heterocycles. The molecule has 2 rings (SSSR count). The molecule has 0 aliphatic carbocycles. The lowest BCUT2D eigenvalue weighted by molar-refractivity contribution is 0.568. The predicted octanol–water partition coefficient (Wildman–Crippen LogP) is 2.84. The number of nitrogens with zero attached hydrogens (tertiary/aromatic N) is 1. The summed E-state index contributed by atoms with van der Waals surface area (Å²) in [7, 11) is 0. The summed E-state index contributed by atoms with van der Waals surface area (Å²) in [6.07, 6.45) is 3.32. The van der Waals surface area contributed by atoms with Crippen LogP contribution < -0.4 is 10.6 Å². The van der Waals surface area contributed by atoms with E-state index in [0.29, 0.717) is 12.0 Å². The van der Waals surface area contributed by atoms with Crippen molar-refractivity contribution < 1.29 is 8.78 Å². The van der Waals surface area contributed by atoms with Crippen LogP contribution in [-0.2, 0) is 6.42 Å². The standard InChI is InChI=1S/C14H20F2N2/c1-2-11(17)7-10-8-12(15)14(13(16)9-10)18-5-3-4-6-18/h8-9,11H,2-7,17H2,1H3. The third kappa shape index (κ3) is 2.80. The van der Waals surface area contributed by atoms with Crippen molar-refractivity contribution in [2.24, 2.45) is 5.73 Å². The number of benzene rings is 1. The largest absolute Gasteiger partial charge is 0.367 e. The first-order valence-electron chi connectivity index (χ1n) is 6.60. The lowest BCUT2D eigenvalue weighted by atomic mass is 10.0. The first-order chi connectivity index (χ1) is 8.61. The average molecular weight is 254 g/mol. The number of hydrogen-bond acceptors (Lipinski definition) is 2. The van der Waals surface area contributed by atoms with Gasteiger partial charge >= 0.3 is 0 Å². The molecule has 0 amide bonds. The van der Waals surface area contributed by atoms with Gasteiger partial charge in [0.15, 0.2) is 0 Å². The third-order valence-electron chi connectivity index (χ3n) is 3.52. The van der Waals surface area contributed by atoms with Crippen LogP contribution in [0, 0.1) is 11.6 Å². The van der Waals surface area contributed by atoms with Crippen molar-refractivity contribution in [2.75, 3.05) is 18.0 Å². The summed E-state index contributed by atoms with van der Waals surface area (Å²) >= 11 is 0. The minimum atomic E-state index is -0.463. The Morgan fingerprint density at radius 2 is 1.78 bits per heavy atom. The van der Waals surface area contributed by atoms with E-state index in [9.17, 15) is 8.78 Å². The Morgan fingerprint density at radius 1 is 1.22 bits per heavy atom. The summed E-state index contributed by atoms with van der Waals surface area (Å²) in [5.74, 6) is -0.926. The summed E-state index contributed by atoms with van der Waals surface area (Å²) in [5.41, 5.74) is 6.58. The van der Waals surface area contributed by atoms with Crippen molar-refractivity contribution in [3.05, 3.63) is 29.3 Å². The van der Waals surface area contributed by atoms with Gasteiger partial charge in [0.1, 0.15) is 17.3 Å². The number of hydrogen-bond donors (Lipinski definition) is 1. The van der Waals surface area contributed by atoms with Gasteiger partial charge in [0, 0.05) is 19.1 Å². The summed E-state index contributed by atoms with van der Waals surface area (Å²) in [5, 5.41) is 0. The van der Waals surface area contributed by atoms with E-state index < -0.39 is 11.6 Å². The molecule has 2 nitrogen and oxygen atoms in total. The van der Waals surface area contributed by atoms with Crippen LogP contribution in [0.3, 0.4) is 0 Å². The number of rotatable bonds is 4. The van der Waals surface area contributed by atoms with Crippen LogP contribution >= 0.6 is 0 Å². The normalized spacial score (nSPS) is 17.2. The third-order valence-corrected chi connectivity index (χ3v) is 3.52. The molecule has 0 bridgehead atoms. The lowest BCUT2D eigenvalue weighted by Crippen LogP contribution is -2.23. The van der Waals surface area contributed by atoms with Gasteiger partial charge in [-0.25, -0.2) is 8.78 Å². The molecule has 1 aromatic carbocycles. The Bertz CT molecular complexity index is 391. The van der Waals surface area contributed by atoms with Gasteiger partial charge in [-0.3, -0.25) is 0 Å². The molecule has 1 saturated heterocycles. The number of nitrogens with two attached hydrogens (primary N) is 1. The maximum atomic E-state index is 14.0. The molecule has 1 aliphatic rings. The molecule has 0 saturated carbocycles. The maximum absolute atomic E-state index is 14.0. The van der Waals surface area contributed by atoms with E-state index in [1.807, 2.05) is 6.92 Å². The molecule has 0 aromatic heterocycles. The second-order valence-electron chi connectivity index (χ2n) is 4.97. The highest BCUT2D eigenvalue weighted by atomic mass is 19.1. The number of anilines is 1. The Morgan fingerprint density at radius 3 is 2.28 bits per heavy atom. The number of halogens is 2. The monoisotopic (exact) mass is 254 g/mol. The van der Waals surface area contributed by atoms with Crippen molar-refractivity contribution in [1.82, 2.24) is 0 Å². The molecule has 1 unspecified atom stereocenters. The average Bonchev–Trinajstić information content (AvgIpc) is 2.81. The fourth-order valence-electron chi connectivity index (χ4n) is 2.43. The fourth-order valence-corrected chi connectivity index (χ4v) is 2.43. The van der Waals surface area contributed by atoms with Crippen LogP contribution in [0.1, 0.15) is 31.7 Å². The molecule has 4 heteroatoms. The second-order valence-corrected chi connectivity index (χ2v) is 4.97. The van der Waals surface area contributed by atoms with Crippen molar-refractivity contribution in [3.8, 4) is 0 Å². The molecule has 1 atom stereocenters. The van der Waals surface area contributed by atoms with Gasteiger partial charge < -0.3 is 10.6 Å². The molecular formula is C14H20F2N2. The van der Waals surface area contributed by atoms with Gasteiger partial charge in [-0.15, -0.1) is 0 Å². The second kappa shape index (κ2) is 5.65. The van der Waals surface area contributed by atoms with Gasteiger partial charge in [-0.05, 0) is 43.4 Å². The van der Waals surface area contributed by atoms with E-state index in [2.05, 4.69) is 0 Å². The van der Waals surface area contributed by atoms with E-state index in [1.54, 1.807) is 4.90 Å². The zero-order valence-electron chi connectivity index (χ0n) is 10.8. The minimum absolute atomic E-state index is 0.0403. The highest BCUT2D eigenvalue weighted by molar-refractivity contribution is 5.51. The molecule has 1 heterocycles. The lowest BCUT2D eigenvalue weighted by Gasteiger charge is -2.20. The molecule has 2 N–H and O–H groups in total. The topological polar surface area (TPSA) is 29.3 Å². The molecule has 1 fully saturated rings. The summed E-state index contributed by atoms with van der Waals surface area (Å²) < 4.78 is 28.0. The van der Waals surface area contributed by atoms with Crippen LogP contribution in [0.4, 0.5) is 14.5 Å². The van der Waals surface area contributed by atoms with Gasteiger partial charge in [-0.1, -0.05) is 6.92 Å². The smallest absolute Gasteiger partial charge is 0.149 e. The highest BCUT2D eigenvalue weighted by Gasteiger charge is 2.21. The SMILES string of the molecule is CCC(N)Cc1cc(F)c(N2CCCC2)c(F)c1.